The van der Waals surface area contributed by atoms with Gasteiger partial charge in [0, 0.05) is 11.1 Å². The fraction of sp³-hybridized carbons (Fsp3) is 0.625. The standard InChI is InChI=1S/C12H16N2O.2C2H6/c1-8-6-10(12(2,3)4)14-9(7-13)11(8)15-5;2*1-2/h6H,1-5H3;2*1-2H3. The molecule has 0 radical (unpaired) electrons. The Labute approximate surface area is 118 Å². The van der Waals surface area contributed by atoms with Crippen molar-refractivity contribution in [3.05, 3.63) is 23.0 Å². The normalized spacial score (nSPS) is 9.26. The van der Waals surface area contributed by atoms with Crippen LogP contribution in [0.15, 0.2) is 6.07 Å². The third-order valence-electron chi connectivity index (χ3n) is 2.24. The Morgan fingerprint density at radius 1 is 1.16 bits per heavy atom. The minimum absolute atomic E-state index is 0.0529. The molecular formula is C16H28N2O. The number of nitrogens with zero attached hydrogens (tertiary/aromatic N) is 2. The number of nitriles is 1. The number of ether oxygens (including phenoxy) is 1. The van der Waals surface area contributed by atoms with Crippen LogP contribution < -0.4 is 4.74 Å². The Morgan fingerprint density at radius 3 is 1.95 bits per heavy atom. The van der Waals surface area contributed by atoms with Crippen molar-refractivity contribution in [2.75, 3.05) is 7.11 Å². The lowest BCUT2D eigenvalue weighted by Crippen LogP contribution is -2.15. The molecule has 0 saturated heterocycles. The van der Waals surface area contributed by atoms with Crippen molar-refractivity contribution in [1.29, 1.82) is 5.26 Å². The molecule has 0 spiro atoms. The van der Waals surface area contributed by atoms with E-state index in [4.69, 9.17) is 10.00 Å². The maximum atomic E-state index is 8.97. The quantitative estimate of drug-likeness (QED) is 0.743. The first kappa shape index (κ1) is 19.8. The molecule has 0 N–H and O–H groups in total. The number of rotatable bonds is 1. The number of hydrogen-bond acceptors (Lipinski definition) is 3. The minimum atomic E-state index is -0.0529. The molecule has 1 aromatic rings. The van der Waals surface area contributed by atoms with E-state index < -0.39 is 0 Å². The molecule has 3 heteroatoms. The summed E-state index contributed by atoms with van der Waals surface area (Å²) in [4.78, 5) is 4.31. The lowest BCUT2D eigenvalue weighted by molar-refractivity contribution is 0.406. The maximum absolute atomic E-state index is 8.97. The van der Waals surface area contributed by atoms with Crippen LogP contribution in [0.1, 0.15) is 65.4 Å². The highest BCUT2D eigenvalue weighted by atomic mass is 16.5. The van der Waals surface area contributed by atoms with Crippen LogP contribution in [0.5, 0.6) is 5.75 Å². The van der Waals surface area contributed by atoms with E-state index in [2.05, 4.69) is 31.8 Å². The van der Waals surface area contributed by atoms with Crippen molar-refractivity contribution < 1.29 is 4.74 Å². The molecule has 0 fully saturated rings. The van der Waals surface area contributed by atoms with E-state index in [1.54, 1.807) is 7.11 Å². The summed E-state index contributed by atoms with van der Waals surface area (Å²) in [5.41, 5.74) is 2.18. The smallest absolute Gasteiger partial charge is 0.183 e. The zero-order valence-corrected chi connectivity index (χ0v) is 13.9. The molecule has 0 unspecified atom stereocenters. The summed E-state index contributed by atoms with van der Waals surface area (Å²) in [6.45, 7) is 16.1. The molecule has 0 aliphatic carbocycles. The lowest BCUT2D eigenvalue weighted by Gasteiger charge is -2.19. The van der Waals surface area contributed by atoms with E-state index >= 15 is 0 Å². The van der Waals surface area contributed by atoms with E-state index in [-0.39, 0.29) is 5.41 Å². The predicted octanol–water partition coefficient (Wildman–Crippen LogP) is 4.62. The SMILES string of the molecule is CC.CC.COc1c(C)cc(C(C)(C)C)nc1C#N. The molecule has 0 bridgehead atoms. The monoisotopic (exact) mass is 264 g/mol. The van der Waals surface area contributed by atoms with Gasteiger partial charge in [0.15, 0.2) is 11.4 Å². The molecule has 0 aliphatic heterocycles. The van der Waals surface area contributed by atoms with E-state index in [9.17, 15) is 0 Å². The molecule has 1 heterocycles. The molecule has 1 rings (SSSR count). The Balaban J connectivity index is 0. The van der Waals surface area contributed by atoms with Crippen LogP contribution in [-0.2, 0) is 5.41 Å². The highest BCUT2D eigenvalue weighted by molar-refractivity contribution is 5.45. The zero-order chi connectivity index (χ0) is 15.6. The van der Waals surface area contributed by atoms with E-state index in [0.29, 0.717) is 11.4 Å². The number of aromatic nitrogens is 1. The molecule has 19 heavy (non-hydrogen) atoms. The summed E-state index contributed by atoms with van der Waals surface area (Å²) in [5, 5.41) is 8.97. The minimum Gasteiger partial charge on any atom is -0.493 e. The van der Waals surface area contributed by atoms with Crippen molar-refractivity contribution in [2.45, 2.75) is 60.8 Å². The van der Waals surface area contributed by atoms with Crippen LogP contribution >= 0.6 is 0 Å². The van der Waals surface area contributed by atoms with Gasteiger partial charge in [0.05, 0.1) is 7.11 Å². The molecular weight excluding hydrogens is 236 g/mol. The Morgan fingerprint density at radius 2 is 1.63 bits per heavy atom. The zero-order valence-electron chi connectivity index (χ0n) is 13.9. The van der Waals surface area contributed by atoms with Crippen LogP contribution in [-0.4, -0.2) is 12.1 Å². The second-order valence-electron chi connectivity index (χ2n) is 4.57. The summed E-state index contributed by atoms with van der Waals surface area (Å²) in [5.74, 6) is 0.575. The summed E-state index contributed by atoms with van der Waals surface area (Å²) in [6, 6.07) is 4.04. The van der Waals surface area contributed by atoms with Gasteiger partial charge in [-0.1, -0.05) is 48.5 Å². The van der Waals surface area contributed by atoms with E-state index in [0.717, 1.165) is 11.3 Å². The van der Waals surface area contributed by atoms with Gasteiger partial charge in [-0.25, -0.2) is 4.98 Å². The van der Waals surface area contributed by atoms with Crippen LogP contribution in [0.2, 0.25) is 0 Å². The lowest BCUT2D eigenvalue weighted by atomic mass is 9.90. The first-order chi connectivity index (χ1) is 8.90. The highest BCUT2D eigenvalue weighted by Crippen LogP contribution is 2.27. The third kappa shape index (κ3) is 5.74. The molecule has 0 aromatic carbocycles. The summed E-state index contributed by atoms with van der Waals surface area (Å²) in [6.07, 6.45) is 0. The summed E-state index contributed by atoms with van der Waals surface area (Å²) < 4.78 is 5.15. The molecule has 1 aromatic heterocycles. The number of hydrogen-bond donors (Lipinski definition) is 0. The first-order valence-electron chi connectivity index (χ1n) is 6.86. The van der Waals surface area contributed by atoms with Crippen LogP contribution in [0.4, 0.5) is 0 Å². The number of methoxy groups -OCH3 is 1. The van der Waals surface area contributed by atoms with Crippen molar-refractivity contribution in [3.8, 4) is 11.8 Å². The van der Waals surface area contributed by atoms with Crippen LogP contribution in [0, 0.1) is 18.3 Å². The predicted molar refractivity (Wildman–Crippen MR) is 81.6 cm³/mol. The van der Waals surface area contributed by atoms with E-state index in [1.807, 2.05) is 40.7 Å². The Bertz CT molecular complexity index is 412. The van der Waals surface area contributed by atoms with Gasteiger partial charge in [0.25, 0.3) is 0 Å². The maximum Gasteiger partial charge on any atom is 0.183 e. The number of pyridine rings is 1. The summed E-state index contributed by atoms with van der Waals surface area (Å²) in [7, 11) is 1.56. The van der Waals surface area contributed by atoms with Gasteiger partial charge in [-0.05, 0) is 18.6 Å². The van der Waals surface area contributed by atoms with Gasteiger partial charge in [0.1, 0.15) is 6.07 Å². The molecule has 0 aliphatic rings. The fourth-order valence-electron chi connectivity index (χ4n) is 1.38. The average molecular weight is 264 g/mol. The summed E-state index contributed by atoms with van der Waals surface area (Å²) >= 11 is 0. The molecule has 3 nitrogen and oxygen atoms in total. The van der Waals surface area contributed by atoms with Gasteiger partial charge in [0.2, 0.25) is 0 Å². The second kappa shape index (κ2) is 9.38. The average Bonchev–Trinajstić information content (AvgIpc) is 2.41. The van der Waals surface area contributed by atoms with Crippen LogP contribution in [0.25, 0.3) is 0 Å². The van der Waals surface area contributed by atoms with Gasteiger partial charge in [-0.15, -0.1) is 0 Å². The molecule has 0 atom stereocenters. The topological polar surface area (TPSA) is 45.9 Å². The highest BCUT2D eigenvalue weighted by Gasteiger charge is 2.19. The number of aryl methyl sites for hydroxylation is 1. The van der Waals surface area contributed by atoms with Crippen molar-refractivity contribution in [3.63, 3.8) is 0 Å². The second-order valence-corrected chi connectivity index (χ2v) is 4.57. The van der Waals surface area contributed by atoms with Gasteiger partial charge in [-0.3, -0.25) is 0 Å². The van der Waals surface area contributed by atoms with Crippen molar-refractivity contribution in [2.24, 2.45) is 0 Å². The van der Waals surface area contributed by atoms with Crippen molar-refractivity contribution >= 4 is 0 Å². The van der Waals surface area contributed by atoms with Gasteiger partial charge in [-0.2, -0.15) is 5.26 Å². The Kier molecular flexibility index (Phi) is 9.76. The van der Waals surface area contributed by atoms with Gasteiger partial charge < -0.3 is 4.74 Å². The Hall–Kier alpha value is -1.56. The third-order valence-corrected chi connectivity index (χ3v) is 2.24. The molecule has 108 valence electrons. The molecule has 0 amide bonds. The molecule has 0 saturated carbocycles. The van der Waals surface area contributed by atoms with Crippen LogP contribution in [0.3, 0.4) is 0 Å². The largest absolute Gasteiger partial charge is 0.493 e. The first-order valence-corrected chi connectivity index (χ1v) is 6.86. The van der Waals surface area contributed by atoms with E-state index in [1.165, 1.54) is 0 Å². The van der Waals surface area contributed by atoms with Crippen molar-refractivity contribution in [1.82, 2.24) is 4.98 Å². The fourth-order valence-corrected chi connectivity index (χ4v) is 1.38. The van der Waals surface area contributed by atoms with Gasteiger partial charge >= 0.3 is 0 Å².